The van der Waals surface area contributed by atoms with Crippen molar-refractivity contribution >= 4 is 5.91 Å². The quantitative estimate of drug-likeness (QED) is 0.577. The Balaban J connectivity index is 2.51. The highest BCUT2D eigenvalue weighted by Gasteiger charge is 2.35. The molecular formula is C8H16N2O2. The third kappa shape index (κ3) is 1.95. The standard InChI is InChI=1S/C8H16N2O2/c1-8(2,3)7-10-5(4-12-7)6(9)11/h5,7,10H,4H2,1-3H3,(H2,9,11)/t5-,7?/m0/s1. The van der Waals surface area contributed by atoms with Gasteiger partial charge in [0.15, 0.2) is 0 Å². The largest absolute Gasteiger partial charge is 0.368 e. The van der Waals surface area contributed by atoms with Crippen molar-refractivity contribution in [1.82, 2.24) is 5.32 Å². The summed E-state index contributed by atoms with van der Waals surface area (Å²) in [6.45, 7) is 6.54. The summed E-state index contributed by atoms with van der Waals surface area (Å²) >= 11 is 0. The molecule has 2 atom stereocenters. The van der Waals surface area contributed by atoms with Gasteiger partial charge < -0.3 is 10.5 Å². The Bertz CT molecular complexity index is 186. The molecular weight excluding hydrogens is 156 g/mol. The third-order valence-corrected chi connectivity index (χ3v) is 1.91. The van der Waals surface area contributed by atoms with E-state index in [0.29, 0.717) is 6.61 Å². The molecule has 1 amide bonds. The summed E-state index contributed by atoms with van der Waals surface area (Å²) in [4.78, 5) is 10.8. The maximum Gasteiger partial charge on any atom is 0.237 e. The maximum absolute atomic E-state index is 10.8. The van der Waals surface area contributed by atoms with E-state index in [1.807, 2.05) is 20.8 Å². The number of primary amides is 1. The number of hydrogen-bond donors (Lipinski definition) is 2. The molecule has 0 saturated carbocycles. The molecule has 1 aliphatic heterocycles. The first-order valence-corrected chi connectivity index (χ1v) is 4.08. The molecule has 70 valence electrons. The second-order valence-electron chi connectivity index (χ2n) is 4.20. The second kappa shape index (κ2) is 3.03. The third-order valence-electron chi connectivity index (χ3n) is 1.91. The summed E-state index contributed by atoms with van der Waals surface area (Å²) < 4.78 is 5.38. The van der Waals surface area contributed by atoms with E-state index in [9.17, 15) is 4.79 Å². The smallest absolute Gasteiger partial charge is 0.237 e. The highest BCUT2D eigenvalue weighted by molar-refractivity contribution is 5.80. The topological polar surface area (TPSA) is 64.3 Å². The minimum Gasteiger partial charge on any atom is -0.368 e. The molecule has 12 heavy (non-hydrogen) atoms. The summed E-state index contributed by atoms with van der Waals surface area (Å²) in [6.07, 6.45) is -0.0741. The van der Waals surface area contributed by atoms with Crippen molar-refractivity contribution in [2.75, 3.05) is 6.61 Å². The van der Waals surface area contributed by atoms with Crippen molar-refractivity contribution in [2.24, 2.45) is 11.1 Å². The molecule has 0 bridgehead atoms. The Hall–Kier alpha value is -0.610. The summed E-state index contributed by atoms with van der Waals surface area (Å²) in [5.74, 6) is -0.346. The number of hydrogen-bond acceptors (Lipinski definition) is 3. The molecule has 0 aromatic rings. The monoisotopic (exact) mass is 172 g/mol. The molecule has 4 nitrogen and oxygen atoms in total. The summed E-state index contributed by atoms with van der Waals surface area (Å²) in [5, 5.41) is 3.03. The van der Waals surface area contributed by atoms with Gasteiger partial charge in [0.05, 0.1) is 6.61 Å². The molecule has 0 radical (unpaired) electrons. The number of amides is 1. The first kappa shape index (κ1) is 9.48. The van der Waals surface area contributed by atoms with Crippen LogP contribution in [-0.4, -0.2) is 24.8 Å². The molecule has 1 fully saturated rings. The average Bonchev–Trinajstić information content (AvgIpc) is 2.30. The lowest BCUT2D eigenvalue weighted by Gasteiger charge is -2.25. The molecule has 0 aromatic carbocycles. The van der Waals surface area contributed by atoms with E-state index < -0.39 is 0 Å². The van der Waals surface area contributed by atoms with Crippen molar-refractivity contribution in [1.29, 1.82) is 0 Å². The van der Waals surface area contributed by atoms with Crippen LogP contribution in [0.1, 0.15) is 20.8 Å². The van der Waals surface area contributed by atoms with Crippen molar-refractivity contribution in [2.45, 2.75) is 33.0 Å². The van der Waals surface area contributed by atoms with Crippen LogP contribution in [0.25, 0.3) is 0 Å². The van der Waals surface area contributed by atoms with Crippen LogP contribution >= 0.6 is 0 Å². The number of nitrogens with two attached hydrogens (primary N) is 1. The second-order valence-corrected chi connectivity index (χ2v) is 4.20. The van der Waals surface area contributed by atoms with Gasteiger partial charge in [0.25, 0.3) is 0 Å². The van der Waals surface area contributed by atoms with E-state index in [-0.39, 0.29) is 23.6 Å². The Labute approximate surface area is 72.5 Å². The van der Waals surface area contributed by atoms with Crippen molar-refractivity contribution in [3.05, 3.63) is 0 Å². The van der Waals surface area contributed by atoms with Crippen LogP contribution < -0.4 is 11.1 Å². The van der Waals surface area contributed by atoms with Gasteiger partial charge in [0.1, 0.15) is 12.3 Å². The van der Waals surface area contributed by atoms with E-state index in [1.165, 1.54) is 0 Å². The highest BCUT2D eigenvalue weighted by Crippen LogP contribution is 2.23. The zero-order chi connectivity index (χ0) is 9.35. The minimum atomic E-state index is -0.346. The first-order valence-electron chi connectivity index (χ1n) is 4.08. The Kier molecular flexibility index (Phi) is 2.39. The lowest BCUT2D eigenvalue weighted by molar-refractivity contribution is -0.119. The molecule has 1 rings (SSSR count). The van der Waals surface area contributed by atoms with Gasteiger partial charge in [-0.15, -0.1) is 0 Å². The van der Waals surface area contributed by atoms with Crippen molar-refractivity contribution in [3.63, 3.8) is 0 Å². The van der Waals surface area contributed by atoms with Crippen LogP contribution in [0.4, 0.5) is 0 Å². The zero-order valence-corrected chi connectivity index (χ0v) is 7.76. The van der Waals surface area contributed by atoms with E-state index in [0.717, 1.165) is 0 Å². The molecule has 0 aromatic heterocycles. The average molecular weight is 172 g/mol. The van der Waals surface area contributed by atoms with Gasteiger partial charge in [-0.2, -0.15) is 0 Å². The van der Waals surface area contributed by atoms with Gasteiger partial charge >= 0.3 is 0 Å². The van der Waals surface area contributed by atoms with Crippen LogP contribution in [0.5, 0.6) is 0 Å². The normalized spacial score (nSPS) is 30.6. The van der Waals surface area contributed by atoms with E-state index >= 15 is 0 Å². The summed E-state index contributed by atoms with van der Waals surface area (Å²) in [6, 6.07) is -0.325. The van der Waals surface area contributed by atoms with Crippen molar-refractivity contribution in [3.8, 4) is 0 Å². The number of carbonyl (C=O) groups is 1. The van der Waals surface area contributed by atoms with Gasteiger partial charge in [-0.05, 0) is 0 Å². The zero-order valence-electron chi connectivity index (χ0n) is 7.76. The van der Waals surface area contributed by atoms with Crippen LogP contribution in [0.2, 0.25) is 0 Å². The van der Waals surface area contributed by atoms with E-state index in [4.69, 9.17) is 10.5 Å². The van der Waals surface area contributed by atoms with Crippen LogP contribution in [0.3, 0.4) is 0 Å². The first-order chi connectivity index (χ1) is 5.41. The van der Waals surface area contributed by atoms with Gasteiger partial charge in [0.2, 0.25) is 5.91 Å². The number of nitrogens with one attached hydrogen (secondary N) is 1. The fourth-order valence-electron chi connectivity index (χ4n) is 1.14. The molecule has 1 saturated heterocycles. The van der Waals surface area contributed by atoms with Crippen molar-refractivity contribution < 1.29 is 9.53 Å². The Morgan fingerprint density at radius 1 is 1.58 bits per heavy atom. The maximum atomic E-state index is 10.8. The Morgan fingerprint density at radius 3 is 2.42 bits per heavy atom. The predicted octanol–water partition coefficient (Wildman–Crippen LogP) is -0.168. The number of carbonyl (C=O) groups excluding carboxylic acids is 1. The van der Waals surface area contributed by atoms with Crippen LogP contribution in [0, 0.1) is 5.41 Å². The number of ether oxygens (including phenoxy) is 1. The SMILES string of the molecule is CC(C)(C)C1N[C@H](C(N)=O)CO1. The molecule has 4 heteroatoms. The summed E-state index contributed by atoms with van der Waals surface area (Å²) in [5.41, 5.74) is 5.13. The van der Waals surface area contributed by atoms with Crippen LogP contribution in [-0.2, 0) is 9.53 Å². The highest BCUT2D eigenvalue weighted by atomic mass is 16.5. The molecule has 3 N–H and O–H groups in total. The molecule has 1 unspecified atom stereocenters. The molecule has 1 aliphatic rings. The van der Waals surface area contributed by atoms with Gasteiger partial charge in [-0.25, -0.2) is 0 Å². The van der Waals surface area contributed by atoms with Crippen LogP contribution in [0.15, 0.2) is 0 Å². The molecule has 1 heterocycles. The van der Waals surface area contributed by atoms with Gasteiger partial charge in [0, 0.05) is 5.41 Å². The van der Waals surface area contributed by atoms with E-state index in [2.05, 4.69) is 5.32 Å². The van der Waals surface area contributed by atoms with E-state index in [1.54, 1.807) is 0 Å². The lowest BCUT2D eigenvalue weighted by atomic mass is 9.94. The minimum absolute atomic E-state index is 0.00417. The summed E-state index contributed by atoms with van der Waals surface area (Å²) in [7, 11) is 0. The fourth-order valence-corrected chi connectivity index (χ4v) is 1.14. The lowest BCUT2D eigenvalue weighted by Crippen LogP contribution is -2.45. The van der Waals surface area contributed by atoms with Gasteiger partial charge in [-0.3, -0.25) is 10.1 Å². The molecule has 0 aliphatic carbocycles. The van der Waals surface area contributed by atoms with Gasteiger partial charge in [-0.1, -0.05) is 20.8 Å². The molecule has 0 spiro atoms. The predicted molar refractivity (Wildman–Crippen MR) is 45.3 cm³/mol. The Morgan fingerprint density at radius 2 is 2.17 bits per heavy atom. The number of rotatable bonds is 1. The fraction of sp³-hybridized carbons (Fsp3) is 0.875.